The molecule has 0 N–H and O–H groups in total. The number of carbonyl (C=O) groups is 1. The van der Waals surface area contributed by atoms with Crippen LogP contribution in [0.25, 0.3) is 0 Å². The lowest BCUT2D eigenvalue weighted by Gasteiger charge is -2.07. The minimum atomic E-state index is -0.0799. The van der Waals surface area contributed by atoms with Gasteiger partial charge in [-0.05, 0) is 6.42 Å². The third-order valence-corrected chi connectivity index (χ3v) is 2.36. The molecule has 2 nitrogen and oxygen atoms in total. The highest BCUT2D eigenvalue weighted by molar-refractivity contribution is 9.09. The first-order chi connectivity index (χ1) is 4.24. The molecule has 1 saturated heterocycles. The Kier molecular flexibility index (Phi) is 2.11. The van der Waals surface area contributed by atoms with Crippen LogP contribution in [0.3, 0.4) is 0 Å². The van der Waals surface area contributed by atoms with E-state index in [1.807, 2.05) is 6.92 Å². The average molecular weight is 193 g/mol. The smallest absolute Gasteiger partial charge is 0.307 e. The summed E-state index contributed by atoms with van der Waals surface area (Å²) in [5, 5.41) is 0. The maximum absolute atomic E-state index is 10.6. The van der Waals surface area contributed by atoms with E-state index in [4.69, 9.17) is 4.74 Å². The molecule has 1 aliphatic rings. The fourth-order valence-electron chi connectivity index (χ4n) is 0.921. The number of carbonyl (C=O) groups excluding carboxylic acids is 1. The van der Waals surface area contributed by atoms with Gasteiger partial charge in [0.2, 0.25) is 0 Å². The molecule has 1 aliphatic heterocycles. The summed E-state index contributed by atoms with van der Waals surface area (Å²) in [6.45, 7) is 2.01. The fraction of sp³-hybridized carbons (Fsp3) is 0.833. The largest absolute Gasteiger partial charge is 0.461 e. The molecule has 0 aromatic heterocycles. The number of cyclic esters (lactones) is 1. The Morgan fingerprint density at radius 3 is 2.78 bits per heavy atom. The van der Waals surface area contributed by atoms with Crippen LogP contribution in [-0.2, 0) is 9.53 Å². The van der Waals surface area contributed by atoms with E-state index in [2.05, 4.69) is 15.9 Å². The van der Waals surface area contributed by atoms with Crippen LogP contribution in [-0.4, -0.2) is 16.9 Å². The van der Waals surface area contributed by atoms with Crippen LogP contribution >= 0.6 is 15.9 Å². The summed E-state index contributed by atoms with van der Waals surface area (Å²) in [4.78, 5) is 10.8. The van der Waals surface area contributed by atoms with Crippen molar-refractivity contribution in [1.82, 2.24) is 0 Å². The number of hydrogen-bond acceptors (Lipinski definition) is 2. The van der Waals surface area contributed by atoms with Gasteiger partial charge in [-0.25, -0.2) is 0 Å². The van der Waals surface area contributed by atoms with Gasteiger partial charge < -0.3 is 4.74 Å². The van der Waals surface area contributed by atoms with Gasteiger partial charge in [-0.15, -0.1) is 0 Å². The third-order valence-electron chi connectivity index (χ3n) is 1.45. The number of ether oxygens (including phenoxy) is 1. The predicted octanol–water partition coefficient (Wildman–Crippen LogP) is 1.48. The van der Waals surface area contributed by atoms with E-state index in [1.165, 1.54) is 0 Å². The van der Waals surface area contributed by atoms with E-state index in [-0.39, 0.29) is 16.9 Å². The molecule has 0 bridgehead atoms. The molecule has 9 heavy (non-hydrogen) atoms. The lowest BCUT2D eigenvalue weighted by molar-refractivity contribution is -0.141. The fourth-order valence-corrected chi connectivity index (χ4v) is 1.67. The first-order valence-electron chi connectivity index (χ1n) is 3.07. The zero-order chi connectivity index (χ0) is 6.85. The summed E-state index contributed by atoms with van der Waals surface area (Å²) >= 11 is 3.36. The number of hydrogen-bond donors (Lipinski definition) is 0. The molecule has 3 heteroatoms. The quantitative estimate of drug-likeness (QED) is 0.465. The van der Waals surface area contributed by atoms with Crippen molar-refractivity contribution in [3.63, 3.8) is 0 Å². The summed E-state index contributed by atoms with van der Waals surface area (Å²) in [6.07, 6.45) is 1.54. The first kappa shape index (κ1) is 7.06. The van der Waals surface area contributed by atoms with Crippen molar-refractivity contribution in [3.8, 4) is 0 Å². The molecule has 1 heterocycles. The summed E-state index contributed by atoms with van der Waals surface area (Å²) in [6, 6.07) is 0. The second kappa shape index (κ2) is 2.69. The van der Waals surface area contributed by atoms with Gasteiger partial charge in [0.05, 0.1) is 11.2 Å². The van der Waals surface area contributed by atoms with Crippen LogP contribution in [0.2, 0.25) is 0 Å². The Bertz CT molecular complexity index is 124. The van der Waals surface area contributed by atoms with Crippen molar-refractivity contribution < 1.29 is 9.53 Å². The second-order valence-electron chi connectivity index (χ2n) is 2.16. The summed E-state index contributed by atoms with van der Waals surface area (Å²) in [5.41, 5.74) is 0. The van der Waals surface area contributed by atoms with E-state index in [0.717, 1.165) is 6.42 Å². The van der Waals surface area contributed by atoms with E-state index >= 15 is 0 Å². The van der Waals surface area contributed by atoms with Crippen LogP contribution in [0.4, 0.5) is 0 Å². The van der Waals surface area contributed by atoms with Gasteiger partial charge in [0.15, 0.2) is 0 Å². The topological polar surface area (TPSA) is 26.3 Å². The highest BCUT2D eigenvalue weighted by Gasteiger charge is 2.30. The van der Waals surface area contributed by atoms with E-state index < -0.39 is 0 Å². The van der Waals surface area contributed by atoms with E-state index in [0.29, 0.717) is 6.42 Å². The third kappa shape index (κ3) is 1.45. The standard InChI is InChI=1S/C6H9BrO2/c1-2-5-4(7)3-6(8)9-5/h4-5H,2-3H2,1H3/t4-,5+/m0/s1. The minimum absolute atomic E-state index is 0.0799. The molecule has 1 rings (SSSR count). The Hall–Kier alpha value is -0.0500. The van der Waals surface area contributed by atoms with Gasteiger partial charge in [0, 0.05) is 0 Å². The summed E-state index contributed by atoms with van der Waals surface area (Å²) in [5.74, 6) is -0.0799. The zero-order valence-corrected chi connectivity index (χ0v) is 6.85. The normalized spacial score (nSPS) is 34.7. The molecule has 52 valence electrons. The van der Waals surface area contributed by atoms with Crippen LogP contribution < -0.4 is 0 Å². The molecule has 0 amide bonds. The van der Waals surface area contributed by atoms with Crippen molar-refractivity contribution in [2.24, 2.45) is 0 Å². The Morgan fingerprint density at radius 1 is 1.89 bits per heavy atom. The van der Waals surface area contributed by atoms with E-state index in [1.54, 1.807) is 0 Å². The van der Waals surface area contributed by atoms with E-state index in [9.17, 15) is 4.79 Å². The lowest BCUT2D eigenvalue weighted by Crippen LogP contribution is -2.13. The molecule has 1 fully saturated rings. The SMILES string of the molecule is CC[C@H]1OC(=O)C[C@@H]1Br. The molecule has 0 spiro atoms. The number of halogens is 1. The molecule has 0 aromatic carbocycles. The Morgan fingerprint density at radius 2 is 2.56 bits per heavy atom. The molecule has 0 aromatic rings. The summed E-state index contributed by atoms with van der Waals surface area (Å²) in [7, 11) is 0. The second-order valence-corrected chi connectivity index (χ2v) is 3.33. The maximum Gasteiger partial charge on any atom is 0.307 e. The van der Waals surface area contributed by atoms with Crippen molar-refractivity contribution in [2.75, 3.05) is 0 Å². The molecule has 0 radical (unpaired) electrons. The predicted molar refractivity (Wildman–Crippen MR) is 37.5 cm³/mol. The van der Waals surface area contributed by atoms with Gasteiger partial charge in [0.25, 0.3) is 0 Å². The number of esters is 1. The van der Waals surface area contributed by atoms with Crippen molar-refractivity contribution in [3.05, 3.63) is 0 Å². The summed E-state index contributed by atoms with van der Waals surface area (Å²) < 4.78 is 4.94. The zero-order valence-electron chi connectivity index (χ0n) is 5.26. The molecular formula is C6H9BrO2. The highest BCUT2D eigenvalue weighted by Crippen LogP contribution is 2.23. The Balaban J connectivity index is 2.47. The van der Waals surface area contributed by atoms with Gasteiger partial charge in [-0.1, -0.05) is 22.9 Å². The minimum Gasteiger partial charge on any atom is -0.461 e. The highest BCUT2D eigenvalue weighted by atomic mass is 79.9. The molecule has 0 saturated carbocycles. The van der Waals surface area contributed by atoms with Crippen LogP contribution in [0, 0.1) is 0 Å². The lowest BCUT2D eigenvalue weighted by atomic mass is 10.2. The molecule has 0 aliphatic carbocycles. The average Bonchev–Trinajstić information content (AvgIpc) is 2.10. The van der Waals surface area contributed by atoms with Crippen molar-refractivity contribution in [1.29, 1.82) is 0 Å². The van der Waals surface area contributed by atoms with Crippen LogP contribution in [0.1, 0.15) is 19.8 Å². The van der Waals surface area contributed by atoms with Crippen LogP contribution in [0.5, 0.6) is 0 Å². The first-order valence-corrected chi connectivity index (χ1v) is 3.99. The number of alkyl halides is 1. The van der Waals surface area contributed by atoms with Crippen molar-refractivity contribution in [2.45, 2.75) is 30.7 Å². The van der Waals surface area contributed by atoms with Gasteiger partial charge in [-0.2, -0.15) is 0 Å². The maximum atomic E-state index is 10.6. The van der Waals surface area contributed by atoms with Gasteiger partial charge in [0.1, 0.15) is 6.10 Å². The molecule has 2 atom stereocenters. The number of rotatable bonds is 1. The monoisotopic (exact) mass is 192 g/mol. The van der Waals surface area contributed by atoms with Crippen molar-refractivity contribution >= 4 is 21.9 Å². The molecular weight excluding hydrogens is 184 g/mol. The Labute approximate surface area is 62.7 Å². The molecule has 0 unspecified atom stereocenters. The van der Waals surface area contributed by atoms with Gasteiger partial charge in [-0.3, -0.25) is 4.79 Å². The van der Waals surface area contributed by atoms with Crippen LogP contribution in [0.15, 0.2) is 0 Å². The van der Waals surface area contributed by atoms with Gasteiger partial charge >= 0.3 is 5.97 Å².